The zero-order chi connectivity index (χ0) is 26.6. The van der Waals surface area contributed by atoms with E-state index in [0.717, 1.165) is 5.56 Å². The topological polar surface area (TPSA) is 114 Å². The molecule has 3 aromatic rings. The van der Waals surface area contributed by atoms with Crippen molar-refractivity contribution >= 4 is 23.1 Å². The van der Waals surface area contributed by atoms with Gasteiger partial charge in [-0.25, -0.2) is 22.9 Å². The number of carbonyl (C=O) groups excluding carboxylic acids is 1. The van der Waals surface area contributed by atoms with Crippen LogP contribution in [-0.2, 0) is 20.9 Å². The van der Waals surface area contributed by atoms with Crippen LogP contribution in [0.5, 0.6) is 0 Å². The van der Waals surface area contributed by atoms with Crippen molar-refractivity contribution in [1.82, 2.24) is 15.3 Å². The quantitative estimate of drug-likeness (QED) is 0.353. The average Bonchev–Trinajstić information content (AvgIpc) is 3.31. The molecular weight excluding hydrogens is 491 g/mol. The van der Waals surface area contributed by atoms with Crippen LogP contribution in [0.25, 0.3) is 11.0 Å². The highest BCUT2D eigenvalue weighted by Crippen LogP contribution is 2.41. The number of amides is 1. The minimum atomic E-state index is -2.78. The second-order valence-electron chi connectivity index (χ2n) is 9.21. The van der Waals surface area contributed by atoms with Crippen LogP contribution >= 0.6 is 0 Å². The van der Waals surface area contributed by atoms with Crippen LogP contribution in [0.1, 0.15) is 54.6 Å². The number of aliphatic carboxylic acids is 1. The molecule has 1 aromatic heterocycles. The van der Waals surface area contributed by atoms with E-state index in [1.54, 1.807) is 24.3 Å². The second-order valence-corrected chi connectivity index (χ2v) is 9.21. The Kier molecular flexibility index (Phi) is 8.01. The number of fused-ring (bicyclic) bond motifs is 1. The summed E-state index contributed by atoms with van der Waals surface area (Å²) in [5.74, 6) is -6.32. The molecule has 2 aromatic carbocycles. The normalized spacial score (nSPS) is 17.3. The molecule has 198 valence electrons. The molecule has 1 saturated carbocycles. The van der Waals surface area contributed by atoms with E-state index in [9.17, 15) is 23.5 Å². The van der Waals surface area contributed by atoms with Crippen molar-refractivity contribution in [2.45, 2.75) is 50.2 Å². The number of carbonyl (C=O) groups is 2. The fraction of sp³-hybridized carbons (Fsp3) is 0.423. The van der Waals surface area contributed by atoms with Crippen LogP contribution < -0.4 is 5.32 Å². The summed E-state index contributed by atoms with van der Waals surface area (Å²) in [7, 11) is 1.32. The predicted octanol–water partition coefficient (Wildman–Crippen LogP) is 5.31. The Balaban J connectivity index is 1.62. The third-order valence-electron chi connectivity index (χ3n) is 6.66. The monoisotopic (exact) mass is 519 g/mol. The van der Waals surface area contributed by atoms with Crippen molar-refractivity contribution in [3.05, 3.63) is 65.2 Å². The van der Waals surface area contributed by atoms with Gasteiger partial charge in [-0.3, -0.25) is 4.79 Å². The molecule has 2 atom stereocenters. The summed E-state index contributed by atoms with van der Waals surface area (Å²) >= 11 is 0. The molecule has 11 heteroatoms. The van der Waals surface area contributed by atoms with Gasteiger partial charge in [0.15, 0.2) is 5.82 Å². The molecule has 0 unspecified atom stereocenters. The van der Waals surface area contributed by atoms with Crippen LogP contribution in [0.4, 0.5) is 18.0 Å². The first kappa shape index (κ1) is 26.5. The zero-order valence-electron chi connectivity index (χ0n) is 20.2. The number of carboxylic acid groups (broad SMARTS) is 1. The number of alkyl halides is 2. The molecule has 0 aliphatic heterocycles. The largest absolute Gasteiger partial charge is 0.481 e. The van der Waals surface area contributed by atoms with Gasteiger partial charge in [-0.15, -0.1) is 0 Å². The third-order valence-corrected chi connectivity index (χ3v) is 6.66. The molecule has 8 nitrogen and oxygen atoms in total. The minimum Gasteiger partial charge on any atom is -0.481 e. The number of rotatable bonds is 9. The molecule has 1 fully saturated rings. The lowest BCUT2D eigenvalue weighted by Gasteiger charge is -2.33. The molecule has 1 aliphatic rings. The summed E-state index contributed by atoms with van der Waals surface area (Å²) in [6, 6.07) is 11.0. The maximum Gasteiger partial charge on any atom is 0.408 e. The number of methoxy groups -OCH3 is 1. The Bertz CT molecular complexity index is 1240. The van der Waals surface area contributed by atoms with Gasteiger partial charge in [-0.2, -0.15) is 0 Å². The molecule has 0 radical (unpaired) electrons. The van der Waals surface area contributed by atoms with E-state index in [-0.39, 0.29) is 61.3 Å². The Morgan fingerprint density at radius 3 is 2.54 bits per heavy atom. The number of hydrogen-bond donors (Lipinski definition) is 3. The Hall–Kier alpha value is -3.60. The van der Waals surface area contributed by atoms with Crippen molar-refractivity contribution < 1.29 is 37.3 Å². The van der Waals surface area contributed by atoms with Crippen molar-refractivity contribution in [3.8, 4) is 0 Å². The number of aromatic amines is 1. The second kappa shape index (κ2) is 11.2. The highest BCUT2D eigenvalue weighted by molar-refractivity contribution is 5.82. The highest BCUT2D eigenvalue weighted by Gasteiger charge is 2.40. The predicted molar refractivity (Wildman–Crippen MR) is 128 cm³/mol. The molecule has 0 spiro atoms. The number of carboxylic acids is 1. The van der Waals surface area contributed by atoms with E-state index in [4.69, 9.17) is 9.47 Å². The van der Waals surface area contributed by atoms with E-state index in [1.165, 1.54) is 19.2 Å². The number of alkyl carbamates (subject to hydrolysis) is 1. The lowest BCUT2D eigenvalue weighted by Crippen LogP contribution is -2.38. The third kappa shape index (κ3) is 6.22. The maximum atomic E-state index is 15.4. The number of hydrogen-bond acceptors (Lipinski definition) is 5. The fourth-order valence-corrected chi connectivity index (χ4v) is 4.65. The average molecular weight is 520 g/mol. The van der Waals surface area contributed by atoms with E-state index >= 15 is 4.39 Å². The van der Waals surface area contributed by atoms with Crippen LogP contribution in [-0.4, -0.2) is 46.8 Å². The van der Waals surface area contributed by atoms with Crippen LogP contribution in [0.3, 0.4) is 0 Å². The lowest BCUT2D eigenvalue weighted by molar-refractivity contribution is -0.140. The van der Waals surface area contributed by atoms with E-state index < -0.39 is 41.7 Å². The number of nitrogens with one attached hydrogen (secondary N) is 2. The zero-order valence-corrected chi connectivity index (χ0v) is 20.2. The summed E-state index contributed by atoms with van der Waals surface area (Å²) < 4.78 is 53.3. The fourth-order valence-electron chi connectivity index (χ4n) is 4.65. The van der Waals surface area contributed by atoms with Crippen LogP contribution in [0.2, 0.25) is 0 Å². The number of ether oxygens (including phenoxy) is 2. The SMILES string of the molecule is COC[C@@H](C(=O)O)c1ccc2[nH]c([C@@H](NC(=O)OCc3ccccc3)C3CCC(F)(F)CC3)nc2c1F. The molecule has 0 saturated heterocycles. The summed E-state index contributed by atoms with van der Waals surface area (Å²) in [6.07, 6.45) is -1.21. The molecule has 1 aliphatic carbocycles. The number of nitrogens with zero attached hydrogens (tertiary/aromatic N) is 1. The van der Waals surface area contributed by atoms with Crippen LogP contribution in [0.15, 0.2) is 42.5 Å². The summed E-state index contributed by atoms with van der Waals surface area (Å²) in [4.78, 5) is 31.6. The first-order chi connectivity index (χ1) is 17.7. The van der Waals surface area contributed by atoms with Gasteiger partial charge in [0.05, 0.1) is 18.2 Å². The van der Waals surface area contributed by atoms with Crippen molar-refractivity contribution in [2.75, 3.05) is 13.7 Å². The van der Waals surface area contributed by atoms with Crippen LogP contribution in [0, 0.1) is 11.7 Å². The van der Waals surface area contributed by atoms with Gasteiger partial charge in [0.1, 0.15) is 23.9 Å². The molecule has 3 N–H and O–H groups in total. The Morgan fingerprint density at radius 1 is 1.19 bits per heavy atom. The van der Waals surface area contributed by atoms with Gasteiger partial charge in [0, 0.05) is 25.5 Å². The first-order valence-corrected chi connectivity index (χ1v) is 11.9. The van der Waals surface area contributed by atoms with Gasteiger partial charge in [-0.1, -0.05) is 36.4 Å². The van der Waals surface area contributed by atoms with E-state index in [1.807, 2.05) is 6.07 Å². The Labute approximate surface area is 211 Å². The molecule has 1 amide bonds. The smallest absolute Gasteiger partial charge is 0.408 e. The summed E-state index contributed by atoms with van der Waals surface area (Å²) in [6.45, 7) is -0.223. The number of H-pyrrole nitrogens is 1. The number of aromatic nitrogens is 2. The molecular formula is C26H28F3N3O5. The van der Waals surface area contributed by atoms with Crippen molar-refractivity contribution in [2.24, 2.45) is 5.92 Å². The molecule has 4 rings (SSSR count). The summed E-state index contributed by atoms with van der Waals surface area (Å²) in [5.41, 5.74) is 0.849. The minimum absolute atomic E-state index is 0.0102. The highest BCUT2D eigenvalue weighted by atomic mass is 19.3. The van der Waals surface area contributed by atoms with Gasteiger partial charge in [0.2, 0.25) is 5.92 Å². The van der Waals surface area contributed by atoms with Gasteiger partial charge in [-0.05, 0) is 30.4 Å². The number of benzene rings is 2. The number of halogens is 3. The van der Waals surface area contributed by atoms with Gasteiger partial charge < -0.3 is 24.9 Å². The lowest BCUT2D eigenvalue weighted by atomic mass is 9.82. The van der Waals surface area contributed by atoms with E-state index in [2.05, 4.69) is 15.3 Å². The van der Waals surface area contributed by atoms with Gasteiger partial charge >= 0.3 is 12.1 Å². The van der Waals surface area contributed by atoms with E-state index in [0.29, 0.717) is 0 Å². The maximum absolute atomic E-state index is 15.4. The van der Waals surface area contributed by atoms with Crippen molar-refractivity contribution in [1.29, 1.82) is 0 Å². The van der Waals surface area contributed by atoms with Gasteiger partial charge in [0.25, 0.3) is 0 Å². The first-order valence-electron chi connectivity index (χ1n) is 11.9. The Morgan fingerprint density at radius 2 is 1.89 bits per heavy atom. The number of imidazole rings is 1. The standard InChI is InChI=1S/C26H28F3N3O5/c1-36-14-18(24(33)34)17-7-8-19-22(20(17)27)31-23(30-19)21(16-9-11-26(28,29)12-10-16)32-25(35)37-13-15-5-3-2-4-6-15/h2-8,16,18,21H,9-14H2,1H3,(H,30,31)(H,32,35)(H,33,34)/t18-,21+/m1/s1. The summed E-state index contributed by atoms with van der Waals surface area (Å²) in [5, 5.41) is 12.2. The molecule has 0 bridgehead atoms. The van der Waals surface area contributed by atoms with Crippen molar-refractivity contribution in [3.63, 3.8) is 0 Å². The molecule has 37 heavy (non-hydrogen) atoms. The molecule has 1 heterocycles.